The Balaban J connectivity index is 2.66. The lowest BCUT2D eigenvalue weighted by Crippen LogP contribution is -2.35. The molecule has 0 spiro atoms. The first-order valence-electron chi connectivity index (χ1n) is 3.85. The van der Waals surface area contributed by atoms with Crippen LogP contribution in [0, 0.1) is 0 Å². The summed E-state index contributed by atoms with van der Waals surface area (Å²) in [4.78, 5) is 14.9. The van der Waals surface area contributed by atoms with Crippen molar-refractivity contribution in [1.82, 2.24) is 4.98 Å². The number of rotatable bonds is 2. The van der Waals surface area contributed by atoms with Gasteiger partial charge in [0.05, 0.1) is 0 Å². The third-order valence-corrected chi connectivity index (χ3v) is 1.36. The molecular formula is C9H11NO3. The first-order chi connectivity index (χ1) is 6.00. The van der Waals surface area contributed by atoms with Gasteiger partial charge in [-0.05, 0) is 26.0 Å². The maximum absolute atomic E-state index is 11.1. The van der Waals surface area contributed by atoms with Crippen LogP contribution in [0.1, 0.15) is 13.8 Å². The van der Waals surface area contributed by atoms with Gasteiger partial charge >= 0.3 is 5.97 Å². The predicted molar refractivity (Wildman–Crippen MR) is 46.2 cm³/mol. The summed E-state index contributed by atoms with van der Waals surface area (Å²) >= 11 is 0. The molecule has 1 heterocycles. The van der Waals surface area contributed by atoms with Crippen molar-refractivity contribution >= 4 is 5.97 Å². The maximum Gasteiger partial charge on any atom is 0.342 e. The molecule has 13 heavy (non-hydrogen) atoms. The average Bonchev–Trinajstić information content (AvgIpc) is 2.04. The van der Waals surface area contributed by atoms with Gasteiger partial charge in [0.15, 0.2) is 5.60 Å². The van der Waals surface area contributed by atoms with Crippen molar-refractivity contribution < 1.29 is 14.6 Å². The molecule has 1 aromatic heterocycles. The van der Waals surface area contributed by atoms with Gasteiger partial charge in [-0.25, -0.2) is 4.79 Å². The number of carbonyl (C=O) groups is 1. The Hall–Kier alpha value is -1.42. The molecule has 0 bridgehead atoms. The van der Waals surface area contributed by atoms with Gasteiger partial charge in [-0.3, -0.25) is 4.98 Å². The Bertz CT molecular complexity index is 289. The van der Waals surface area contributed by atoms with Crippen LogP contribution >= 0.6 is 0 Å². The van der Waals surface area contributed by atoms with Gasteiger partial charge < -0.3 is 9.84 Å². The van der Waals surface area contributed by atoms with Crippen molar-refractivity contribution in [3.63, 3.8) is 0 Å². The molecule has 0 saturated heterocycles. The zero-order valence-electron chi connectivity index (χ0n) is 7.52. The lowest BCUT2D eigenvalue weighted by Gasteiger charge is -2.14. The largest absolute Gasteiger partial charge is 0.424 e. The fourth-order valence-electron chi connectivity index (χ4n) is 0.638. The quantitative estimate of drug-likeness (QED) is 0.684. The molecule has 0 fully saturated rings. The summed E-state index contributed by atoms with van der Waals surface area (Å²) in [6, 6.07) is 3.09. The lowest BCUT2D eigenvalue weighted by molar-refractivity contribution is -0.151. The van der Waals surface area contributed by atoms with Crippen molar-refractivity contribution in [2.24, 2.45) is 0 Å². The van der Waals surface area contributed by atoms with Gasteiger partial charge in [0.25, 0.3) is 0 Å². The van der Waals surface area contributed by atoms with E-state index in [2.05, 4.69) is 4.98 Å². The molecule has 0 aliphatic carbocycles. The highest BCUT2D eigenvalue weighted by Gasteiger charge is 2.26. The van der Waals surface area contributed by atoms with Gasteiger partial charge in [0.1, 0.15) is 5.75 Å². The Kier molecular flexibility index (Phi) is 2.63. The molecule has 0 amide bonds. The summed E-state index contributed by atoms with van der Waals surface area (Å²) in [5.41, 5.74) is -1.47. The van der Waals surface area contributed by atoms with Crippen molar-refractivity contribution in [1.29, 1.82) is 0 Å². The Morgan fingerprint density at radius 1 is 1.46 bits per heavy atom. The van der Waals surface area contributed by atoms with Crippen molar-refractivity contribution in [2.45, 2.75) is 19.4 Å². The molecule has 1 N–H and O–H groups in total. The van der Waals surface area contributed by atoms with Crippen LogP contribution in [0.4, 0.5) is 0 Å². The molecule has 0 aliphatic heterocycles. The Labute approximate surface area is 76.2 Å². The van der Waals surface area contributed by atoms with Crippen LogP contribution in [-0.4, -0.2) is 21.7 Å². The first kappa shape index (κ1) is 9.67. The van der Waals surface area contributed by atoms with Crippen molar-refractivity contribution in [2.75, 3.05) is 0 Å². The van der Waals surface area contributed by atoms with E-state index in [1.807, 2.05) is 0 Å². The molecule has 1 aromatic rings. The Morgan fingerprint density at radius 3 is 2.46 bits per heavy atom. The number of hydrogen-bond donors (Lipinski definition) is 1. The van der Waals surface area contributed by atoms with Gasteiger partial charge in [0, 0.05) is 12.4 Å². The van der Waals surface area contributed by atoms with E-state index >= 15 is 0 Å². The second kappa shape index (κ2) is 3.53. The normalized spacial score (nSPS) is 11.0. The minimum atomic E-state index is -1.47. The Morgan fingerprint density at radius 2 is 2.00 bits per heavy atom. The van der Waals surface area contributed by atoms with Gasteiger partial charge in [0.2, 0.25) is 0 Å². The molecule has 0 aromatic carbocycles. The number of carbonyl (C=O) groups excluding carboxylic acids is 1. The molecule has 4 heteroatoms. The van der Waals surface area contributed by atoms with Crippen molar-refractivity contribution in [3.8, 4) is 5.75 Å². The zero-order chi connectivity index (χ0) is 9.90. The summed E-state index contributed by atoms with van der Waals surface area (Å²) in [7, 11) is 0. The molecular weight excluding hydrogens is 170 g/mol. The van der Waals surface area contributed by atoms with E-state index in [-0.39, 0.29) is 0 Å². The molecule has 0 atom stereocenters. The van der Waals surface area contributed by atoms with E-state index in [4.69, 9.17) is 4.74 Å². The first-order valence-corrected chi connectivity index (χ1v) is 3.85. The topological polar surface area (TPSA) is 59.4 Å². The third-order valence-electron chi connectivity index (χ3n) is 1.36. The van der Waals surface area contributed by atoms with Crippen LogP contribution in [0.5, 0.6) is 5.75 Å². The zero-order valence-corrected chi connectivity index (χ0v) is 7.52. The highest BCUT2D eigenvalue weighted by atomic mass is 16.6. The number of hydrogen-bond acceptors (Lipinski definition) is 4. The number of pyridine rings is 1. The minimum absolute atomic E-state index is 0.377. The molecule has 0 unspecified atom stereocenters. The molecule has 4 nitrogen and oxygen atoms in total. The molecule has 0 radical (unpaired) electrons. The monoisotopic (exact) mass is 181 g/mol. The van der Waals surface area contributed by atoms with E-state index in [0.29, 0.717) is 5.75 Å². The van der Waals surface area contributed by atoms with E-state index in [0.717, 1.165) is 0 Å². The standard InChI is InChI=1S/C9H11NO3/c1-9(2,12)8(11)13-7-3-5-10-6-4-7/h3-6,12H,1-2H3. The van der Waals surface area contributed by atoms with Gasteiger partial charge in [-0.15, -0.1) is 0 Å². The highest BCUT2D eigenvalue weighted by Crippen LogP contribution is 2.11. The predicted octanol–water partition coefficient (Wildman–Crippen LogP) is 0.758. The van der Waals surface area contributed by atoms with Crippen LogP contribution < -0.4 is 4.74 Å². The fourth-order valence-corrected chi connectivity index (χ4v) is 0.638. The second-order valence-electron chi connectivity index (χ2n) is 3.13. The number of aromatic nitrogens is 1. The molecule has 70 valence electrons. The lowest BCUT2D eigenvalue weighted by atomic mass is 10.1. The fraction of sp³-hybridized carbons (Fsp3) is 0.333. The molecule has 1 rings (SSSR count). The summed E-state index contributed by atoms with van der Waals surface area (Å²) in [6.45, 7) is 2.74. The van der Waals surface area contributed by atoms with Crippen LogP contribution in [0.3, 0.4) is 0 Å². The van der Waals surface area contributed by atoms with E-state index < -0.39 is 11.6 Å². The van der Waals surface area contributed by atoms with Crippen molar-refractivity contribution in [3.05, 3.63) is 24.5 Å². The third kappa shape index (κ3) is 2.83. The number of ether oxygens (including phenoxy) is 1. The number of nitrogens with zero attached hydrogens (tertiary/aromatic N) is 1. The number of esters is 1. The minimum Gasteiger partial charge on any atom is -0.424 e. The van der Waals surface area contributed by atoms with Crippen LogP contribution in [0.2, 0.25) is 0 Å². The molecule has 0 aliphatic rings. The summed E-state index contributed by atoms with van der Waals surface area (Å²) in [5.74, 6) is -0.305. The SMILES string of the molecule is CC(C)(O)C(=O)Oc1ccncc1. The summed E-state index contributed by atoms with van der Waals surface area (Å²) in [6.07, 6.45) is 3.01. The van der Waals surface area contributed by atoms with Gasteiger partial charge in [-0.1, -0.05) is 0 Å². The smallest absolute Gasteiger partial charge is 0.342 e. The summed E-state index contributed by atoms with van der Waals surface area (Å²) in [5, 5.41) is 9.26. The van der Waals surface area contributed by atoms with Crippen LogP contribution in [0.15, 0.2) is 24.5 Å². The summed E-state index contributed by atoms with van der Waals surface area (Å²) < 4.78 is 4.85. The highest BCUT2D eigenvalue weighted by molar-refractivity contribution is 5.80. The molecule has 0 saturated carbocycles. The van der Waals surface area contributed by atoms with Gasteiger partial charge in [-0.2, -0.15) is 0 Å². The van der Waals surface area contributed by atoms with Crippen LogP contribution in [0.25, 0.3) is 0 Å². The van der Waals surface area contributed by atoms with E-state index in [1.165, 1.54) is 26.2 Å². The number of aliphatic hydroxyl groups is 1. The maximum atomic E-state index is 11.1. The second-order valence-corrected chi connectivity index (χ2v) is 3.13. The van der Waals surface area contributed by atoms with E-state index in [1.54, 1.807) is 12.1 Å². The average molecular weight is 181 g/mol. The van der Waals surface area contributed by atoms with E-state index in [9.17, 15) is 9.90 Å². The van der Waals surface area contributed by atoms with Crippen LogP contribution in [-0.2, 0) is 4.79 Å².